The number of nitrogens with zero attached hydrogens (tertiary/aromatic N) is 5. The summed E-state index contributed by atoms with van der Waals surface area (Å²) in [5, 5.41) is 13.7. The monoisotopic (exact) mass is 421 g/mol. The summed E-state index contributed by atoms with van der Waals surface area (Å²) < 4.78 is 10.5. The molecule has 5 rings (SSSR count). The summed E-state index contributed by atoms with van der Waals surface area (Å²) >= 11 is 1.68. The molecule has 2 aromatic heterocycles. The fourth-order valence-corrected chi connectivity index (χ4v) is 4.35. The first kappa shape index (κ1) is 18.7. The molecule has 30 heavy (non-hydrogen) atoms. The van der Waals surface area contributed by atoms with Gasteiger partial charge in [-0.15, -0.1) is 5.10 Å². The Balaban J connectivity index is 1.20. The molecule has 2 aliphatic rings. The van der Waals surface area contributed by atoms with Crippen molar-refractivity contribution in [3.8, 4) is 11.5 Å². The predicted octanol–water partition coefficient (Wildman–Crippen LogP) is 3.20. The number of benzene rings is 1. The molecule has 1 saturated heterocycles. The van der Waals surface area contributed by atoms with Crippen LogP contribution in [0.4, 0.5) is 0 Å². The highest BCUT2D eigenvalue weighted by atomic mass is 32.2. The van der Waals surface area contributed by atoms with E-state index in [0.717, 1.165) is 22.2 Å². The van der Waals surface area contributed by atoms with Crippen molar-refractivity contribution in [1.82, 2.24) is 15.0 Å². The van der Waals surface area contributed by atoms with Crippen molar-refractivity contribution in [2.24, 2.45) is 10.2 Å². The van der Waals surface area contributed by atoms with Crippen molar-refractivity contribution in [2.75, 3.05) is 31.9 Å². The highest BCUT2D eigenvalue weighted by molar-refractivity contribution is 8.14. The van der Waals surface area contributed by atoms with Crippen LogP contribution in [-0.4, -0.2) is 63.7 Å². The summed E-state index contributed by atoms with van der Waals surface area (Å²) in [4.78, 5) is 16.7. The lowest BCUT2D eigenvalue weighted by atomic mass is 10.1. The van der Waals surface area contributed by atoms with Crippen molar-refractivity contribution in [3.05, 3.63) is 66.1 Å². The van der Waals surface area contributed by atoms with Gasteiger partial charge in [0.2, 0.25) is 5.76 Å². The molecule has 0 radical (unpaired) electrons. The standard InChI is InChI=1S/C21H19N5O3S/c27-20(16-13-19(29-24-16)18-7-4-12-28-18)25-8-10-26(11-9-25)21-23-22-17(14-30-21)15-5-2-1-3-6-15/h1-7,12-13H,8-11,14H2. The van der Waals surface area contributed by atoms with Gasteiger partial charge in [0.25, 0.3) is 5.91 Å². The molecule has 2 aliphatic heterocycles. The summed E-state index contributed by atoms with van der Waals surface area (Å²) in [6.07, 6.45) is 1.55. The Morgan fingerprint density at radius 2 is 1.80 bits per heavy atom. The highest BCUT2D eigenvalue weighted by Gasteiger charge is 2.27. The number of furan rings is 1. The molecular weight excluding hydrogens is 402 g/mol. The number of carbonyl (C=O) groups is 1. The number of hydrogen-bond donors (Lipinski definition) is 0. The molecule has 1 amide bonds. The predicted molar refractivity (Wildman–Crippen MR) is 115 cm³/mol. The van der Waals surface area contributed by atoms with Crippen LogP contribution in [0.3, 0.4) is 0 Å². The second-order valence-corrected chi connectivity index (χ2v) is 7.86. The molecule has 0 atom stereocenters. The van der Waals surface area contributed by atoms with Crippen LogP contribution < -0.4 is 0 Å². The molecule has 0 aliphatic carbocycles. The summed E-state index contributed by atoms with van der Waals surface area (Å²) in [7, 11) is 0. The van der Waals surface area contributed by atoms with E-state index >= 15 is 0 Å². The molecule has 0 spiro atoms. The number of amidine groups is 1. The Bertz CT molecular complexity index is 1080. The zero-order valence-electron chi connectivity index (χ0n) is 16.1. The Labute approximate surface area is 177 Å². The van der Waals surface area contributed by atoms with Crippen LogP contribution in [0.15, 0.2) is 73.9 Å². The van der Waals surface area contributed by atoms with E-state index in [-0.39, 0.29) is 11.6 Å². The minimum absolute atomic E-state index is 0.140. The van der Waals surface area contributed by atoms with Crippen molar-refractivity contribution >= 4 is 28.5 Å². The normalized spacial score (nSPS) is 16.9. The number of rotatable bonds is 3. The SMILES string of the molecule is O=C(c1cc(-c2ccco2)on1)N1CCN(C2=NN=C(c3ccccc3)CS2)CC1. The first-order valence-corrected chi connectivity index (χ1v) is 10.6. The average molecular weight is 421 g/mol. The van der Waals surface area contributed by atoms with Crippen LogP contribution in [0.5, 0.6) is 0 Å². The molecule has 1 aromatic carbocycles. The summed E-state index contributed by atoms with van der Waals surface area (Å²) in [6, 6.07) is 15.2. The molecule has 0 N–H and O–H groups in total. The molecule has 0 bridgehead atoms. The Morgan fingerprint density at radius 1 is 0.967 bits per heavy atom. The van der Waals surface area contributed by atoms with Crippen molar-refractivity contribution in [3.63, 3.8) is 0 Å². The molecule has 4 heterocycles. The van der Waals surface area contributed by atoms with E-state index in [0.29, 0.717) is 37.7 Å². The zero-order chi connectivity index (χ0) is 20.3. The van der Waals surface area contributed by atoms with E-state index in [1.807, 2.05) is 30.3 Å². The largest absolute Gasteiger partial charge is 0.461 e. The summed E-state index contributed by atoms with van der Waals surface area (Å²) in [5.74, 6) is 1.64. The van der Waals surface area contributed by atoms with Gasteiger partial charge in [0.15, 0.2) is 16.6 Å². The van der Waals surface area contributed by atoms with E-state index in [1.165, 1.54) is 0 Å². The van der Waals surface area contributed by atoms with Crippen LogP contribution in [0.25, 0.3) is 11.5 Å². The van der Waals surface area contributed by atoms with E-state index in [9.17, 15) is 4.79 Å². The highest BCUT2D eigenvalue weighted by Crippen LogP contribution is 2.23. The lowest BCUT2D eigenvalue weighted by Gasteiger charge is -2.36. The van der Waals surface area contributed by atoms with E-state index in [2.05, 4.69) is 20.3 Å². The van der Waals surface area contributed by atoms with E-state index in [1.54, 1.807) is 41.1 Å². The zero-order valence-corrected chi connectivity index (χ0v) is 16.9. The van der Waals surface area contributed by atoms with E-state index in [4.69, 9.17) is 8.94 Å². The van der Waals surface area contributed by atoms with Crippen LogP contribution in [0, 0.1) is 0 Å². The van der Waals surface area contributed by atoms with Crippen LogP contribution in [0.1, 0.15) is 16.1 Å². The smallest absolute Gasteiger partial charge is 0.276 e. The average Bonchev–Trinajstić information content (AvgIpc) is 3.52. The van der Waals surface area contributed by atoms with Crippen molar-refractivity contribution in [1.29, 1.82) is 0 Å². The molecule has 3 aromatic rings. The molecule has 0 unspecified atom stereocenters. The van der Waals surface area contributed by atoms with Gasteiger partial charge in [-0.3, -0.25) is 4.79 Å². The molecular formula is C21H19N5O3S. The number of carbonyl (C=O) groups excluding carboxylic acids is 1. The molecule has 8 nitrogen and oxygen atoms in total. The first-order valence-electron chi connectivity index (χ1n) is 9.65. The third-order valence-corrected chi connectivity index (χ3v) is 6.05. The third-order valence-electron chi connectivity index (χ3n) is 5.03. The van der Waals surface area contributed by atoms with Crippen molar-refractivity contribution in [2.45, 2.75) is 0 Å². The van der Waals surface area contributed by atoms with Crippen molar-refractivity contribution < 1.29 is 13.7 Å². The van der Waals surface area contributed by atoms with E-state index < -0.39 is 0 Å². The van der Waals surface area contributed by atoms with Gasteiger partial charge in [0, 0.05) is 38.0 Å². The van der Waals surface area contributed by atoms with Crippen LogP contribution in [0.2, 0.25) is 0 Å². The second-order valence-electron chi connectivity index (χ2n) is 6.92. The van der Waals surface area contributed by atoms with Gasteiger partial charge in [-0.25, -0.2) is 0 Å². The van der Waals surface area contributed by atoms with Gasteiger partial charge in [-0.1, -0.05) is 47.3 Å². The number of piperazine rings is 1. The molecule has 1 fully saturated rings. The van der Waals surface area contributed by atoms with Gasteiger partial charge in [-0.2, -0.15) is 5.10 Å². The maximum Gasteiger partial charge on any atom is 0.276 e. The number of amides is 1. The van der Waals surface area contributed by atoms with Gasteiger partial charge in [-0.05, 0) is 17.7 Å². The first-order chi connectivity index (χ1) is 14.8. The van der Waals surface area contributed by atoms with Gasteiger partial charge >= 0.3 is 0 Å². The quantitative estimate of drug-likeness (QED) is 0.645. The minimum Gasteiger partial charge on any atom is -0.461 e. The van der Waals surface area contributed by atoms with Crippen LogP contribution >= 0.6 is 11.8 Å². The maximum absolute atomic E-state index is 12.8. The second kappa shape index (κ2) is 8.19. The number of aromatic nitrogens is 1. The Kier molecular flexibility index (Phi) is 5.10. The van der Waals surface area contributed by atoms with Crippen LogP contribution in [-0.2, 0) is 0 Å². The fourth-order valence-electron chi connectivity index (χ4n) is 3.39. The molecule has 152 valence electrons. The topological polar surface area (TPSA) is 87.4 Å². The maximum atomic E-state index is 12.8. The fraction of sp³-hybridized carbons (Fsp3) is 0.238. The lowest BCUT2D eigenvalue weighted by molar-refractivity contribution is 0.0683. The van der Waals surface area contributed by atoms with Gasteiger partial charge in [0.1, 0.15) is 0 Å². The van der Waals surface area contributed by atoms with Gasteiger partial charge in [0.05, 0.1) is 12.0 Å². The minimum atomic E-state index is -0.140. The molecule has 9 heteroatoms. The third kappa shape index (κ3) is 3.76. The number of hydrogen-bond acceptors (Lipinski definition) is 8. The number of thioether (sulfide) groups is 1. The Hall–Kier alpha value is -3.33. The van der Waals surface area contributed by atoms with Gasteiger partial charge < -0.3 is 18.7 Å². The summed E-state index contributed by atoms with van der Waals surface area (Å²) in [5.41, 5.74) is 2.37. The lowest BCUT2D eigenvalue weighted by Crippen LogP contribution is -2.50. The Morgan fingerprint density at radius 3 is 2.50 bits per heavy atom. The molecule has 0 saturated carbocycles. The summed E-state index contributed by atoms with van der Waals surface area (Å²) in [6.45, 7) is 2.60.